The summed E-state index contributed by atoms with van der Waals surface area (Å²) in [6, 6.07) is 6.54. The molecule has 0 unspecified atom stereocenters. The van der Waals surface area contributed by atoms with Gasteiger partial charge in [0, 0.05) is 18.1 Å². The SMILES string of the molecule is CC(C)n1ncc2c(C(=O)NC3CCC(N)CC3)cc(-c3cccs3)nc21. The van der Waals surface area contributed by atoms with E-state index in [9.17, 15) is 4.79 Å². The summed E-state index contributed by atoms with van der Waals surface area (Å²) >= 11 is 1.62. The van der Waals surface area contributed by atoms with E-state index in [0.29, 0.717) is 5.56 Å². The smallest absolute Gasteiger partial charge is 0.252 e. The van der Waals surface area contributed by atoms with E-state index in [-0.39, 0.29) is 24.0 Å². The monoisotopic (exact) mass is 383 g/mol. The molecule has 1 amide bonds. The third kappa shape index (κ3) is 3.61. The van der Waals surface area contributed by atoms with Crippen LogP contribution in [0.15, 0.2) is 29.8 Å². The molecular formula is C20H25N5OS. The van der Waals surface area contributed by atoms with Crippen LogP contribution in [0.2, 0.25) is 0 Å². The van der Waals surface area contributed by atoms with Crippen molar-refractivity contribution in [2.24, 2.45) is 5.73 Å². The van der Waals surface area contributed by atoms with Gasteiger partial charge in [0.25, 0.3) is 5.91 Å². The van der Waals surface area contributed by atoms with Crippen molar-refractivity contribution in [1.29, 1.82) is 0 Å². The van der Waals surface area contributed by atoms with E-state index < -0.39 is 0 Å². The highest BCUT2D eigenvalue weighted by molar-refractivity contribution is 7.13. The van der Waals surface area contributed by atoms with Crippen LogP contribution in [0.1, 0.15) is 55.9 Å². The van der Waals surface area contributed by atoms with E-state index in [1.54, 1.807) is 17.5 Å². The van der Waals surface area contributed by atoms with Crippen LogP contribution in [0.5, 0.6) is 0 Å². The lowest BCUT2D eigenvalue weighted by atomic mass is 9.91. The number of pyridine rings is 1. The van der Waals surface area contributed by atoms with Crippen molar-refractivity contribution in [2.75, 3.05) is 0 Å². The second-order valence-corrected chi connectivity index (χ2v) is 8.49. The summed E-state index contributed by atoms with van der Waals surface area (Å²) in [5, 5.41) is 10.5. The summed E-state index contributed by atoms with van der Waals surface area (Å²) in [7, 11) is 0. The van der Waals surface area contributed by atoms with Crippen molar-refractivity contribution in [1.82, 2.24) is 20.1 Å². The molecule has 1 aliphatic rings. The first-order chi connectivity index (χ1) is 13.0. The highest BCUT2D eigenvalue weighted by atomic mass is 32.1. The van der Waals surface area contributed by atoms with E-state index in [2.05, 4.69) is 24.3 Å². The van der Waals surface area contributed by atoms with Crippen LogP contribution in [0.4, 0.5) is 0 Å². The molecule has 0 radical (unpaired) electrons. The third-order valence-electron chi connectivity index (χ3n) is 5.18. The Kier molecular flexibility index (Phi) is 4.97. The van der Waals surface area contributed by atoms with Crippen LogP contribution in [0.25, 0.3) is 21.6 Å². The molecule has 0 atom stereocenters. The van der Waals surface area contributed by atoms with E-state index in [1.807, 2.05) is 28.3 Å². The van der Waals surface area contributed by atoms with Crippen molar-refractivity contribution < 1.29 is 4.79 Å². The fraction of sp³-hybridized carbons (Fsp3) is 0.450. The average molecular weight is 384 g/mol. The summed E-state index contributed by atoms with van der Waals surface area (Å²) in [5.41, 5.74) is 8.20. The van der Waals surface area contributed by atoms with Gasteiger partial charge in [-0.3, -0.25) is 4.79 Å². The summed E-state index contributed by atoms with van der Waals surface area (Å²) in [4.78, 5) is 19.0. The lowest BCUT2D eigenvalue weighted by Gasteiger charge is -2.26. The Morgan fingerprint density at radius 3 is 2.78 bits per heavy atom. The Morgan fingerprint density at radius 2 is 2.11 bits per heavy atom. The first-order valence-corrected chi connectivity index (χ1v) is 10.4. The molecule has 3 heterocycles. The minimum atomic E-state index is -0.0519. The molecule has 4 rings (SSSR count). The first-order valence-electron chi connectivity index (χ1n) is 9.51. The van der Waals surface area contributed by atoms with Crippen molar-refractivity contribution in [3.63, 3.8) is 0 Å². The molecule has 3 aromatic rings. The Hall–Kier alpha value is -2.25. The van der Waals surface area contributed by atoms with Crippen LogP contribution >= 0.6 is 11.3 Å². The number of amides is 1. The van der Waals surface area contributed by atoms with Crippen molar-refractivity contribution >= 4 is 28.3 Å². The molecule has 142 valence electrons. The van der Waals surface area contributed by atoms with Gasteiger partial charge in [-0.05, 0) is 57.0 Å². The van der Waals surface area contributed by atoms with Gasteiger partial charge in [-0.15, -0.1) is 11.3 Å². The normalized spacial score (nSPS) is 20.3. The van der Waals surface area contributed by atoms with Gasteiger partial charge >= 0.3 is 0 Å². The molecule has 1 saturated carbocycles. The van der Waals surface area contributed by atoms with E-state index in [1.165, 1.54) is 0 Å². The molecule has 0 bridgehead atoms. The molecule has 0 spiro atoms. The lowest BCUT2D eigenvalue weighted by Crippen LogP contribution is -2.40. The zero-order valence-electron chi connectivity index (χ0n) is 15.7. The predicted octanol–water partition coefficient (Wildman–Crippen LogP) is 3.74. The summed E-state index contributed by atoms with van der Waals surface area (Å²) in [6.45, 7) is 4.13. The van der Waals surface area contributed by atoms with Crippen LogP contribution < -0.4 is 11.1 Å². The number of nitrogens with one attached hydrogen (secondary N) is 1. The molecule has 0 aliphatic heterocycles. The fourth-order valence-corrected chi connectivity index (χ4v) is 4.35. The number of nitrogens with two attached hydrogens (primary N) is 1. The number of hydrogen-bond donors (Lipinski definition) is 2. The average Bonchev–Trinajstić information content (AvgIpc) is 3.32. The maximum atomic E-state index is 13.1. The van der Waals surface area contributed by atoms with Gasteiger partial charge in [-0.1, -0.05) is 6.07 Å². The number of hydrogen-bond acceptors (Lipinski definition) is 5. The van der Waals surface area contributed by atoms with Crippen molar-refractivity contribution in [3.8, 4) is 10.6 Å². The van der Waals surface area contributed by atoms with Gasteiger partial charge in [0.15, 0.2) is 5.65 Å². The standard InChI is InChI=1S/C20H25N5OS/c1-12(2)25-19-16(11-22-25)15(10-17(24-19)18-4-3-9-27-18)20(26)23-14-7-5-13(21)6-8-14/h3-4,9-14H,5-8,21H2,1-2H3,(H,23,26). The largest absolute Gasteiger partial charge is 0.349 e. The molecule has 6 nitrogen and oxygen atoms in total. The van der Waals surface area contributed by atoms with Crippen molar-refractivity contribution in [3.05, 3.63) is 35.3 Å². The summed E-state index contributed by atoms with van der Waals surface area (Å²) < 4.78 is 1.88. The molecule has 3 aromatic heterocycles. The van der Waals surface area contributed by atoms with Crippen LogP contribution in [0.3, 0.4) is 0 Å². The quantitative estimate of drug-likeness (QED) is 0.719. The number of thiophene rings is 1. The van der Waals surface area contributed by atoms with Gasteiger partial charge in [-0.2, -0.15) is 5.10 Å². The molecule has 0 saturated heterocycles. The Labute approximate surface area is 162 Å². The number of nitrogens with zero attached hydrogens (tertiary/aromatic N) is 3. The van der Waals surface area contributed by atoms with Crippen LogP contribution in [-0.2, 0) is 0 Å². The van der Waals surface area contributed by atoms with Gasteiger partial charge < -0.3 is 11.1 Å². The van der Waals surface area contributed by atoms with Gasteiger partial charge in [0.1, 0.15) is 0 Å². The third-order valence-corrected chi connectivity index (χ3v) is 6.07. The van der Waals surface area contributed by atoms with Gasteiger partial charge in [0.05, 0.1) is 27.7 Å². The Morgan fingerprint density at radius 1 is 1.33 bits per heavy atom. The van der Waals surface area contributed by atoms with Crippen LogP contribution in [-0.4, -0.2) is 32.8 Å². The first kappa shape index (κ1) is 18.1. The molecule has 7 heteroatoms. The topological polar surface area (TPSA) is 85.8 Å². The number of carbonyl (C=O) groups is 1. The second-order valence-electron chi connectivity index (χ2n) is 7.54. The molecule has 3 N–H and O–H groups in total. The maximum Gasteiger partial charge on any atom is 0.252 e. The minimum absolute atomic E-state index is 0.0519. The van der Waals surface area contributed by atoms with E-state index in [0.717, 1.165) is 47.3 Å². The fourth-order valence-electron chi connectivity index (χ4n) is 3.66. The molecular weight excluding hydrogens is 358 g/mol. The maximum absolute atomic E-state index is 13.1. The minimum Gasteiger partial charge on any atom is -0.349 e. The number of aromatic nitrogens is 3. The second kappa shape index (κ2) is 7.40. The van der Waals surface area contributed by atoms with Crippen molar-refractivity contribution in [2.45, 2.75) is 57.7 Å². The zero-order valence-corrected chi connectivity index (χ0v) is 16.5. The molecule has 1 aliphatic carbocycles. The number of rotatable bonds is 4. The van der Waals surface area contributed by atoms with Gasteiger partial charge in [-0.25, -0.2) is 9.67 Å². The number of carbonyl (C=O) groups excluding carboxylic acids is 1. The molecule has 0 aromatic carbocycles. The highest BCUT2D eigenvalue weighted by Gasteiger charge is 2.23. The predicted molar refractivity (Wildman–Crippen MR) is 109 cm³/mol. The molecule has 27 heavy (non-hydrogen) atoms. The van der Waals surface area contributed by atoms with E-state index in [4.69, 9.17) is 10.7 Å². The zero-order chi connectivity index (χ0) is 19.0. The number of fused-ring (bicyclic) bond motifs is 1. The van der Waals surface area contributed by atoms with Crippen LogP contribution in [0, 0.1) is 0 Å². The Balaban J connectivity index is 1.73. The summed E-state index contributed by atoms with van der Waals surface area (Å²) in [5.74, 6) is -0.0519. The summed E-state index contributed by atoms with van der Waals surface area (Å²) in [6.07, 6.45) is 5.55. The lowest BCUT2D eigenvalue weighted by molar-refractivity contribution is 0.0927. The molecule has 1 fully saturated rings. The van der Waals surface area contributed by atoms with E-state index >= 15 is 0 Å². The highest BCUT2D eigenvalue weighted by Crippen LogP contribution is 2.29. The van der Waals surface area contributed by atoms with Gasteiger partial charge in [0.2, 0.25) is 0 Å². The Bertz CT molecular complexity index is 939.